The second-order valence-electron chi connectivity index (χ2n) is 3.42. The van der Waals surface area contributed by atoms with Gasteiger partial charge in [0.1, 0.15) is 0 Å². The summed E-state index contributed by atoms with van der Waals surface area (Å²) in [4.78, 5) is 0. The predicted octanol–water partition coefficient (Wildman–Crippen LogP) is 2.43. The largest absolute Gasteiger partial charge is 0.378 e. The molecule has 0 N–H and O–H groups in total. The van der Waals surface area contributed by atoms with Crippen molar-refractivity contribution in [3.63, 3.8) is 0 Å². The number of alkyl halides is 1. The first-order valence-electron chi connectivity index (χ1n) is 3.94. The van der Waals surface area contributed by atoms with Gasteiger partial charge in [-0.1, -0.05) is 13.8 Å². The molecule has 0 saturated heterocycles. The van der Waals surface area contributed by atoms with Gasteiger partial charge < -0.3 is 4.74 Å². The number of rotatable bonds is 3. The summed E-state index contributed by atoms with van der Waals surface area (Å²) in [5.41, 5.74) is 0. The summed E-state index contributed by atoms with van der Waals surface area (Å²) in [5.74, 6) is 0.648. The van der Waals surface area contributed by atoms with Crippen LogP contribution >= 0.6 is 11.6 Å². The van der Waals surface area contributed by atoms with Gasteiger partial charge in [-0.15, -0.1) is 11.6 Å². The fraction of sp³-hybridized carbons (Fsp3) is 1.00. The first-order chi connectivity index (χ1) is 4.68. The van der Waals surface area contributed by atoms with Gasteiger partial charge in [-0.2, -0.15) is 0 Å². The zero-order chi connectivity index (χ0) is 7.56. The minimum atomic E-state index is 0.386. The van der Waals surface area contributed by atoms with Crippen LogP contribution in [0.4, 0.5) is 0 Å². The molecule has 1 aliphatic carbocycles. The molecule has 10 heavy (non-hydrogen) atoms. The van der Waals surface area contributed by atoms with E-state index in [9.17, 15) is 0 Å². The maximum atomic E-state index is 5.78. The molecule has 1 nitrogen and oxygen atoms in total. The first-order valence-corrected chi connectivity index (χ1v) is 4.37. The van der Waals surface area contributed by atoms with Gasteiger partial charge in [0, 0.05) is 12.0 Å². The molecule has 0 aromatic rings. The lowest BCUT2D eigenvalue weighted by molar-refractivity contribution is -0.00826. The zero-order valence-electron chi connectivity index (χ0n) is 6.64. The van der Waals surface area contributed by atoms with Crippen LogP contribution < -0.4 is 0 Å². The highest BCUT2D eigenvalue weighted by Gasteiger charge is 2.27. The number of hydrogen-bond acceptors (Lipinski definition) is 1. The summed E-state index contributed by atoms with van der Waals surface area (Å²) in [5, 5.41) is 0.386. The molecule has 0 aromatic heterocycles. The van der Waals surface area contributed by atoms with Crippen molar-refractivity contribution in [1.29, 1.82) is 0 Å². The van der Waals surface area contributed by atoms with Crippen LogP contribution in [-0.2, 0) is 4.74 Å². The molecule has 1 aliphatic rings. The standard InChI is InChI=1S/C8H15ClO/c1-6(2)5-10-8-3-7(9)4-8/h6-8H,3-5H2,1-2H3. The van der Waals surface area contributed by atoms with Crippen molar-refractivity contribution in [2.45, 2.75) is 38.2 Å². The van der Waals surface area contributed by atoms with Gasteiger partial charge in [0.05, 0.1) is 6.10 Å². The van der Waals surface area contributed by atoms with Gasteiger partial charge >= 0.3 is 0 Å². The van der Waals surface area contributed by atoms with E-state index in [0.29, 0.717) is 17.4 Å². The molecule has 0 atom stereocenters. The highest BCUT2D eigenvalue weighted by atomic mass is 35.5. The second kappa shape index (κ2) is 3.59. The van der Waals surface area contributed by atoms with Gasteiger partial charge in [-0.3, -0.25) is 0 Å². The lowest BCUT2D eigenvalue weighted by Gasteiger charge is -2.31. The van der Waals surface area contributed by atoms with Crippen LogP contribution in [0.15, 0.2) is 0 Å². The van der Waals surface area contributed by atoms with E-state index in [1.807, 2.05) is 0 Å². The van der Waals surface area contributed by atoms with E-state index in [0.717, 1.165) is 19.4 Å². The Morgan fingerprint density at radius 2 is 2.10 bits per heavy atom. The Hall–Kier alpha value is 0.250. The SMILES string of the molecule is CC(C)COC1CC(Cl)C1. The quantitative estimate of drug-likeness (QED) is 0.580. The molecule has 1 rings (SSSR count). The van der Waals surface area contributed by atoms with Crippen molar-refractivity contribution in [3.8, 4) is 0 Å². The van der Waals surface area contributed by atoms with E-state index in [2.05, 4.69) is 13.8 Å². The van der Waals surface area contributed by atoms with Crippen LogP contribution in [0, 0.1) is 5.92 Å². The normalized spacial score (nSPS) is 32.4. The van der Waals surface area contributed by atoms with E-state index in [4.69, 9.17) is 16.3 Å². The Morgan fingerprint density at radius 3 is 2.50 bits per heavy atom. The van der Waals surface area contributed by atoms with Crippen LogP contribution in [0.25, 0.3) is 0 Å². The van der Waals surface area contributed by atoms with E-state index < -0.39 is 0 Å². The molecule has 0 radical (unpaired) electrons. The Morgan fingerprint density at radius 1 is 1.50 bits per heavy atom. The molecule has 0 aromatic carbocycles. The van der Waals surface area contributed by atoms with Crippen LogP contribution in [0.3, 0.4) is 0 Å². The molecule has 0 spiro atoms. The van der Waals surface area contributed by atoms with Gasteiger partial charge in [0.15, 0.2) is 0 Å². The molecular formula is C8H15ClO. The van der Waals surface area contributed by atoms with E-state index in [-0.39, 0.29) is 0 Å². The van der Waals surface area contributed by atoms with Gasteiger partial charge in [0.25, 0.3) is 0 Å². The third kappa shape index (κ3) is 2.47. The highest BCUT2D eigenvalue weighted by Crippen LogP contribution is 2.28. The minimum Gasteiger partial charge on any atom is -0.378 e. The highest BCUT2D eigenvalue weighted by molar-refractivity contribution is 6.21. The predicted molar refractivity (Wildman–Crippen MR) is 43.5 cm³/mol. The molecule has 1 fully saturated rings. The zero-order valence-corrected chi connectivity index (χ0v) is 7.40. The summed E-state index contributed by atoms with van der Waals surface area (Å²) in [6.45, 7) is 5.21. The first kappa shape index (κ1) is 8.35. The molecule has 1 saturated carbocycles. The monoisotopic (exact) mass is 162 g/mol. The second-order valence-corrected chi connectivity index (χ2v) is 4.04. The van der Waals surface area contributed by atoms with E-state index in [1.54, 1.807) is 0 Å². The average molecular weight is 163 g/mol. The summed E-state index contributed by atoms with van der Waals surface area (Å²) >= 11 is 5.78. The van der Waals surface area contributed by atoms with Gasteiger partial charge in [0.2, 0.25) is 0 Å². The van der Waals surface area contributed by atoms with Crippen molar-refractivity contribution < 1.29 is 4.74 Å². The van der Waals surface area contributed by atoms with E-state index in [1.165, 1.54) is 0 Å². The van der Waals surface area contributed by atoms with E-state index >= 15 is 0 Å². The van der Waals surface area contributed by atoms with Crippen molar-refractivity contribution in [3.05, 3.63) is 0 Å². The molecule has 0 unspecified atom stereocenters. The van der Waals surface area contributed by atoms with Crippen LogP contribution in [0.1, 0.15) is 26.7 Å². The average Bonchev–Trinajstić information content (AvgIpc) is 1.77. The van der Waals surface area contributed by atoms with Crippen molar-refractivity contribution in [2.24, 2.45) is 5.92 Å². The summed E-state index contributed by atoms with van der Waals surface area (Å²) < 4.78 is 5.53. The lowest BCUT2D eigenvalue weighted by Crippen LogP contribution is -2.32. The van der Waals surface area contributed by atoms with Crippen molar-refractivity contribution in [2.75, 3.05) is 6.61 Å². The molecule has 0 aliphatic heterocycles. The Bertz CT molecular complexity index is 97.4. The third-order valence-corrected chi connectivity index (χ3v) is 2.06. The van der Waals surface area contributed by atoms with Gasteiger partial charge in [-0.25, -0.2) is 0 Å². The smallest absolute Gasteiger partial charge is 0.0603 e. The number of halogens is 1. The lowest BCUT2D eigenvalue weighted by atomic mass is 9.95. The van der Waals surface area contributed by atoms with Crippen LogP contribution in [0.5, 0.6) is 0 Å². The molecule has 60 valence electrons. The Balaban J connectivity index is 1.95. The third-order valence-electron chi connectivity index (χ3n) is 1.70. The summed E-state index contributed by atoms with van der Waals surface area (Å²) in [6, 6.07) is 0. The van der Waals surface area contributed by atoms with Crippen molar-refractivity contribution >= 4 is 11.6 Å². The fourth-order valence-electron chi connectivity index (χ4n) is 0.966. The fourth-order valence-corrected chi connectivity index (χ4v) is 1.36. The summed E-state index contributed by atoms with van der Waals surface area (Å²) in [7, 11) is 0. The summed E-state index contributed by atoms with van der Waals surface area (Å²) in [6.07, 6.45) is 2.56. The molecule has 0 amide bonds. The number of ether oxygens (including phenoxy) is 1. The topological polar surface area (TPSA) is 9.23 Å². The molecule has 0 heterocycles. The molecular weight excluding hydrogens is 148 g/mol. The maximum Gasteiger partial charge on any atom is 0.0603 e. The minimum absolute atomic E-state index is 0.386. The van der Waals surface area contributed by atoms with Gasteiger partial charge in [-0.05, 0) is 18.8 Å². The number of hydrogen-bond donors (Lipinski definition) is 0. The van der Waals surface area contributed by atoms with Crippen molar-refractivity contribution in [1.82, 2.24) is 0 Å². The maximum absolute atomic E-state index is 5.78. The Labute approximate surface area is 67.7 Å². The molecule has 2 heteroatoms. The molecule has 0 bridgehead atoms. The Kier molecular flexibility index (Phi) is 2.99. The van der Waals surface area contributed by atoms with Crippen LogP contribution in [-0.4, -0.2) is 18.1 Å². The van der Waals surface area contributed by atoms with Crippen LogP contribution in [0.2, 0.25) is 0 Å².